The summed E-state index contributed by atoms with van der Waals surface area (Å²) in [5, 5.41) is 16.9. The van der Waals surface area contributed by atoms with Gasteiger partial charge in [-0.15, -0.1) is 5.10 Å². The van der Waals surface area contributed by atoms with Crippen molar-refractivity contribution in [2.24, 2.45) is 5.10 Å². The molecule has 3 rings (SSSR count). The molecule has 0 saturated heterocycles. The maximum atomic E-state index is 12.0. The number of anilines is 1. The van der Waals surface area contributed by atoms with Gasteiger partial charge in [-0.2, -0.15) is 5.01 Å². The van der Waals surface area contributed by atoms with Crippen LogP contribution in [0, 0.1) is 10.1 Å². The molecule has 1 amide bonds. The van der Waals surface area contributed by atoms with Gasteiger partial charge in [0.1, 0.15) is 5.69 Å². The topological polar surface area (TPSA) is 88.3 Å². The van der Waals surface area contributed by atoms with Crippen molar-refractivity contribution in [2.75, 3.05) is 19.0 Å². The Bertz CT molecular complexity index is 880. The summed E-state index contributed by atoms with van der Waals surface area (Å²) in [5.74, 6) is -0.0228. The van der Waals surface area contributed by atoms with Crippen LogP contribution in [0.4, 0.5) is 11.4 Å². The highest BCUT2D eigenvalue weighted by Crippen LogP contribution is 2.35. The smallest absolute Gasteiger partial charge is 0.292 e. The Morgan fingerprint density at radius 1 is 1.23 bits per heavy atom. The van der Waals surface area contributed by atoms with E-state index in [1.54, 1.807) is 31.1 Å². The lowest BCUT2D eigenvalue weighted by Crippen LogP contribution is -2.25. The fraction of sp³-hybridized carbons (Fsp3) is 0.222. The molecule has 8 nitrogen and oxygen atoms in total. The van der Waals surface area contributed by atoms with E-state index in [0.717, 1.165) is 5.56 Å². The SMILES string of the molecule is CC(=O)N1N=C(c2ccccc2)OC1c1ccc(N(C)C)c([N+](=O)[O-])c1. The Morgan fingerprint density at radius 3 is 2.50 bits per heavy atom. The number of carbonyl (C=O) groups excluding carboxylic acids is 1. The van der Waals surface area contributed by atoms with Crippen molar-refractivity contribution in [3.8, 4) is 0 Å². The van der Waals surface area contributed by atoms with Gasteiger partial charge in [-0.25, -0.2) is 0 Å². The number of benzene rings is 2. The van der Waals surface area contributed by atoms with Crippen molar-refractivity contribution < 1.29 is 14.5 Å². The van der Waals surface area contributed by atoms with Crippen LogP contribution in [0.5, 0.6) is 0 Å². The Labute approximate surface area is 150 Å². The zero-order chi connectivity index (χ0) is 18.8. The minimum atomic E-state index is -0.849. The normalized spacial score (nSPS) is 16.0. The quantitative estimate of drug-likeness (QED) is 0.622. The van der Waals surface area contributed by atoms with Gasteiger partial charge in [-0.05, 0) is 18.2 Å². The molecule has 0 aliphatic carbocycles. The van der Waals surface area contributed by atoms with Crippen LogP contribution in [0.2, 0.25) is 0 Å². The number of hydrogen-bond donors (Lipinski definition) is 0. The molecule has 0 saturated carbocycles. The molecule has 1 aliphatic rings. The highest BCUT2D eigenvalue weighted by molar-refractivity contribution is 5.96. The number of nitro benzene ring substituents is 1. The largest absolute Gasteiger partial charge is 0.446 e. The number of carbonyl (C=O) groups is 1. The van der Waals surface area contributed by atoms with Crippen LogP contribution in [-0.4, -0.2) is 35.8 Å². The highest BCUT2D eigenvalue weighted by Gasteiger charge is 2.34. The van der Waals surface area contributed by atoms with Crippen LogP contribution in [-0.2, 0) is 9.53 Å². The average Bonchev–Trinajstić information content (AvgIpc) is 3.07. The Morgan fingerprint density at radius 2 is 1.92 bits per heavy atom. The molecule has 0 N–H and O–H groups in total. The molecule has 0 radical (unpaired) electrons. The van der Waals surface area contributed by atoms with Gasteiger partial charge in [0.15, 0.2) is 0 Å². The standard InChI is InChI=1S/C18H18N4O4/c1-12(23)21-18(26-17(19-21)13-7-5-4-6-8-13)14-9-10-15(20(2)3)16(11-14)22(24)25/h4-11,18H,1-3H3. The number of nitro groups is 1. The van der Waals surface area contributed by atoms with Gasteiger partial charge >= 0.3 is 0 Å². The highest BCUT2D eigenvalue weighted by atomic mass is 16.6. The molecule has 0 aromatic heterocycles. The van der Waals surface area contributed by atoms with Gasteiger partial charge in [0.2, 0.25) is 18.0 Å². The van der Waals surface area contributed by atoms with E-state index >= 15 is 0 Å². The summed E-state index contributed by atoms with van der Waals surface area (Å²) < 4.78 is 5.86. The molecule has 2 aromatic carbocycles. The van der Waals surface area contributed by atoms with Crippen LogP contribution >= 0.6 is 0 Å². The molecule has 26 heavy (non-hydrogen) atoms. The molecule has 1 aliphatic heterocycles. The summed E-state index contributed by atoms with van der Waals surface area (Å²) in [4.78, 5) is 24.6. The minimum absolute atomic E-state index is 0.0623. The number of hydrazone groups is 1. The summed E-state index contributed by atoms with van der Waals surface area (Å²) >= 11 is 0. The van der Waals surface area contributed by atoms with Crippen molar-refractivity contribution in [1.29, 1.82) is 0 Å². The average molecular weight is 354 g/mol. The van der Waals surface area contributed by atoms with Gasteiger partial charge in [-0.3, -0.25) is 14.9 Å². The third kappa shape index (κ3) is 3.21. The van der Waals surface area contributed by atoms with Gasteiger partial charge in [0.05, 0.1) is 4.92 Å². The first-order valence-corrected chi connectivity index (χ1v) is 7.94. The van der Waals surface area contributed by atoms with Crippen LogP contribution in [0.1, 0.15) is 24.3 Å². The summed E-state index contributed by atoms with van der Waals surface area (Å²) in [7, 11) is 3.46. The van der Waals surface area contributed by atoms with Crippen molar-refractivity contribution in [2.45, 2.75) is 13.2 Å². The molecular formula is C18H18N4O4. The van der Waals surface area contributed by atoms with E-state index < -0.39 is 11.2 Å². The Hall–Kier alpha value is -3.42. The van der Waals surface area contributed by atoms with E-state index in [0.29, 0.717) is 17.1 Å². The number of rotatable bonds is 4. The second kappa shape index (κ2) is 6.83. The Balaban J connectivity index is 2.00. The lowest BCUT2D eigenvalue weighted by Gasteiger charge is -2.20. The maximum absolute atomic E-state index is 12.0. The zero-order valence-corrected chi connectivity index (χ0v) is 14.6. The molecule has 8 heteroatoms. The third-order valence-corrected chi connectivity index (χ3v) is 3.95. The van der Waals surface area contributed by atoms with E-state index in [1.807, 2.05) is 30.3 Å². The van der Waals surface area contributed by atoms with E-state index in [1.165, 1.54) is 18.0 Å². The lowest BCUT2D eigenvalue weighted by atomic mass is 10.1. The molecule has 1 heterocycles. The van der Waals surface area contributed by atoms with Crippen molar-refractivity contribution >= 4 is 23.2 Å². The first-order chi connectivity index (χ1) is 12.4. The molecule has 0 spiro atoms. The number of ether oxygens (including phenoxy) is 1. The second-order valence-electron chi connectivity index (χ2n) is 6.00. The summed E-state index contributed by atoms with van der Waals surface area (Å²) in [6, 6.07) is 13.9. The fourth-order valence-corrected chi connectivity index (χ4v) is 2.70. The van der Waals surface area contributed by atoms with Crippen LogP contribution in [0.3, 0.4) is 0 Å². The minimum Gasteiger partial charge on any atom is -0.446 e. The van der Waals surface area contributed by atoms with Crippen LogP contribution in [0.15, 0.2) is 53.6 Å². The van der Waals surface area contributed by atoms with E-state index in [-0.39, 0.29) is 11.6 Å². The predicted molar refractivity (Wildman–Crippen MR) is 96.7 cm³/mol. The monoisotopic (exact) mass is 354 g/mol. The van der Waals surface area contributed by atoms with Crippen molar-refractivity contribution in [1.82, 2.24) is 5.01 Å². The van der Waals surface area contributed by atoms with Crippen molar-refractivity contribution in [3.05, 3.63) is 69.8 Å². The summed E-state index contributed by atoms with van der Waals surface area (Å²) in [5.41, 5.74) is 1.61. The molecule has 0 bridgehead atoms. The fourth-order valence-electron chi connectivity index (χ4n) is 2.70. The third-order valence-electron chi connectivity index (χ3n) is 3.95. The maximum Gasteiger partial charge on any atom is 0.292 e. The number of hydrogen-bond acceptors (Lipinski definition) is 6. The van der Waals surface area contributed by atoms with Crippen LogP contribution in [0.25, 0.3) is 0 Å². The van der Waals surface area contributed by atoms with Crippen LogP contribution < -0.4 is 4.90 Å². The van der Waals surface area contributed by atoms with Gasteiger partial charge in [0, 0.05) is 38.2 Å². The first kappa shape index (κ1) is 17.4. The molecule has 134 valence electrons. The zero-order valence-electron chi connectivity index (χ0n) is 14.6. The molecule has 2 aromatic rings. The summed E-state index contributed by atoms with van der Waals surface area (Å²) in [6.07, 6.45) is -0.849. The molecule has 1 unspecified atom stereocenters. The van der Waals surface area contributed by atoms with Crippen molar-refractivity contribution in [3.63, 3.8) is 0 Å². The number of nitrogens with zero attached hydrogens (tertiary/aromatic N) is 4. The van der Waals surface area contributed by atoms with E-state index in [2.05, 4.69) is 5.10 Å². The van der Waals surface area contributed by atoms with E-state index in [9.17, 15) is 14.9 Å². The molecular weight excluding hydrogens is 336 g/mol. The first-order valence-electron chi connectivity index (χ1n) is 7.94. The molecule has 0 fully saturated rings. The second-order valence-corrected chi connectivity index (χ2v) is 6.00. The predicted octanol–water partition coefficient (Wildman–Crippen LogP) is 2.90. The molecule has 1 atom stereocenters. The number of amides is 1. The van der Waals surface area contributed by atoms with Gasteiger partial charge in [0.25, 0.3) is 5.69 Å². The van der Waals surface area contributed by atoms with Gasteiger partial charge in [-0.1, -0.05) is 24.3 Å². The Kier molecular flexibility index (Phi) is 4.57. The van der Waals surface area contributed by atoms with E-state index in [4.69, 9.17) is 4.74 Å². The van der Waals surface area contributed by atoms with Gasteiger partial charge < -0.3 is 9.64 Å². The summed E-state index contributed by atoms with van der Waals surface area (Å²) in [6.45, 7) is 1.37. The lowest BCUT2D eigenvalue weighted by molar-refractivity contribution is -0.384.